The first kappa shape index (κ1) is 9.04. The van der Waals surface area contributed by atoms with Gasteiger partial charge in [-0.3, -0.25) is 0 Å². The molecule has 0 aliphatic heterocycles. The van der Waals surface area contributed by atoms with Crippen molar-refractivity contribution in [2.75, 3.05) is 0 Å². The second-order valence-electron chi connectivity index (χ2n) is 2.54. The van der Waals surface area contributed by atoms with E-state index in [2.05, 4.69) is 0 Å². The number of hydrogen-bond acceptors (Lipinski definition) is 2. The molecule has 1 aromatic carbocycles. The first-order chi connectivity index (χ1) is 5.74. The maximum Gasteiger partial charge on any atom is 0.488 e. The number of hydrogen-bond donors (Lipinski definition) is 2. The molecule has 0 bridgehead atoms. The van der Waals surface area contributed by atoms with Gasteiger partial charge in [0.15, 0.2) is 0 Å². The summed E-state index contributed by atoms with van der Waals surface area (Å²) in [6.45, 7) is 1.92. The van der Waals surface area contributed by atoms with E-state index < -0.39 is 7.12 Å². The summed E-state index contributed by atoms with van der Waals surface area (Å²) < 4.78 is 0. The van der Waals surface area contributed by atoms with Crippen LogP contribution in [0.15, 0.2) is 30.3 Å². The molecule has 0 unspecified atom stereocenters. The molecule has 0 saturated carbocycles. The van der Waals surface area contributed by atoms with Crippen LogP contribution in [0.3, 0.4) is 0 Å². The lowest BCUT2D eigenvalue weighted by molar-refractivity contribution is 0.426. The monoisotopic (exact) mass is 162 g/mol. The lowest BCUT2D eigenvalue weighted by Gasteiger charge is -1.99. The largest absolute Gasteiger partial charge is 0.488 e. The minimum Gasteiger partial charge on any atom is -0.423 e. The van der Waals surface area contributed by atoms with Crippen molar-refractivity contribution in [3.8, 4) is 0 Å². The van der Waals surface area contributed by atoms with Gasteiger partial charge >= 0.3 is 7.12 Å². The number of benzene rings is 1. The van der Waals surface area contributed by atoms with Crippen molar-refractivity contribution in [3.63, 3.8) is 0 Å². The third-order valence-electron chi connectivity index (χ3n) is 1.57. The molecule has 3 heteroatoms. The molecule has 0 radical (unpaired) electrons. The van der Waals surface area contributed by atoms with E-state index >= 15 is 0 Å². The molecule has 2 nitrogen and oxygen atoms in total. The minimum atomic E-state index is -1.38. The molecule has 0 aromatic heterocycles. The SMILES string of the molecule is CC=Cc1cccc(B(O)O)c1. The van der Waals surface area contributed by atoms with E-state index in [-0.39, 0.29) is 0 Å². The van der Waals surface area contributed by atoms with Crippen LogP contribution in [0.2, 0.25) is 0 Å². The Hall–Kier alpha value is -1.06. The Morgan fingerprint density at radius 3 is 2.67 bits per heavy atom. The fourth-order valence-corrected chi connectivity index (χ4v) is 1.02. The highest BCUT2D eigenvalue weighted by molar-refractivity contribution is 6.58. The van der Waals surface area contributed by atoms with Crippen molar-refractivity contribution >= 4 is 18.7 Å². The Balaban J connectivity index is 2.95. The quantitative estimate of drug-likeness (QED) is 0.618. The molecule has 0 aliphatic carbocycles. The summed E-state index contributed by atoms with van der Waals surface area (Å²) >= 11 is 0. The van der Waals surface area contributed by atoms with Gasteiger partial charge in [-0.15, -0.1) is 0 Å². The zero-order valence-electron chi connectivity index (χ0n) is 6.94. The number of allylic oxidation sites excluding steroid dienone is 1. The van der Waals surface area contributed by atoms with Crippen molar-refractivity contribution in [3.05, 3.63) is 35.9 Å². The molecule has 62 valence electrons. The maximum absolute atomic E-state index is 8.85. The van der Waals surface area contributed by atoms with Crippen LogP contribution >= 0.6 is 0 Å². The molecule has 0 spiro atoms. The van der Waals surface area contributed by atoms with Crippen LogP contribution < -0.4 is 5.46 Å². The average molecular weight is 162 g/mol. The van der Waals surface area contributed by atoms with Gasteiger partial charge in [-0.05, 0) is 17.9 Å². The van der Waals surface area contributed by atoms with Gasteiger partial charge in [-0.2, -0.15) is 0 Å². The van der Waals surface area contributed by atoms with Crippen LogP contribution in [-0.4, -0.2) is 17.2 Å². The van der Waals surface area contributed by atoms with Crippen LogP contribution in [-0.2, 0) is 0 Å². The molecule has 0 heterocycles. The van der Waals surface area contributed by atoms with Gasteiger partial charge in [-0.25, -0.2) is 0 Å². The van der Waals surface area contributed by atoms with Gasteiger partial charge in [0.25, 0.3) is 0 Å². The minimum absolute atomic E-state index is 0.519. The van der Waals surface area contributed by atoms with Crippen LogP contribution in [0.1, 0.15) is 12.5 Å². The van der Waals surface area contributed by atoms with Crippen molar-refractivity contribution in [2.45, 2.75) is 6.92 Å². The van der Waals surface area contributed by atoms with Crippen LogP contribution in [0.4, 0.5) is 0 Å². The van der Waals surface area contributed by atoms with Gasteiger partial charge in [0.1, 0.15) is 0 Å². The first-order valence-corrected chi connectivity index (χ1v) is 3.83. The topological polar surface area (TPSA) is 40.5 Å². The molecule has 0 saturated heterocycles. The van der Waals surface area contributed by atoms with Crippen molar-refractivity contribution in [1.29, 1.82) is 0 Å². The molecule has 0 fully saturated rings. The summed E-state index contributed by atoms with van der Waals surface area (Å²) in [4.78, 5) is 0. The van der Waals surface area contributed by atoms with E-state index in [4.69, 9.17) is 10.0 Å². The van der Waals surface area contributed by atoms with E-state index in [1.165, 1.54) is 0 Å². The Morgan fingerprint density at radius 1 is 1.33 bits per heavy atom. The molecular weight excluding hydrogens is 151 g/mol. The molecular formula is C9H11BO2. The summed E-state index contributed by atoms with van der Waals surface area (Å²) in [5.74, 6) is 0. The lowest BCUT2D eigenvalue weighted by Crippen LogP contribution is -2.29. The Kier molecular flexibility index (Phi) is 3.08. The van der Waals surface area contributed by atoms with Crippen LogP contribution in [0.25, 0.3) is 6.08 Å². The van der Waals surface area contributed by atoms with Gasteiger partial charge in [0.05, 0.1) is 0 Å². The van der Waals surface area contributed by atoms with Crippen molar-refractivity contribution < 1.29 is 10.0 Å². The Morgan fingerprint density at radius 2 is 2.08 bits per heavy atom. The maximum atomic E-state index is 8.85. The second-order valence-corrected chi connectivity index (χ2v) is 2.54. The zero-order valence-corrected chi connectivity index (χ0v) is 6.94. The third kappa shape index (κ3) is 2.22. The van der Waals surface area contributed by atoms with E-state index in [1.54, 1.807) is 18.2 Å². The summed E-state index contributed by atoms with van der Waals surface area (Å²) in [5.41, 5.74) is 1.49. The first-order valence-electron chi connectivity index (χ1n) is 3.83. The molecule has 0 atom stereocenters. The van der Waals surface area contributed by atoms with E-state index in [1.807, 2.05) is 25.1 Å². The summed E-state index contributed by atoms with van der Waals surface area (Å²) in [6.07, 6.45) is 3.81. The highest BCUT2D eigenvalue weighted by atomic mass is 16.4. The van der Waals surface area contributed by atoms with Crippen molar-refractivity contribution in [2.24, 2.45) is 0 Å². The Bertz CT molecular complexity index is 282. The third-order valence-corrected chi connectivity index (χ3v) is 1.57. The smallest absolute Gasteiger partial charge is 0.423 e. The fourth-order valence-electron chi connectivity index (χ4n) is 1.02. The van der Waals surface area contributed by atoms with Crippen LogP contribution in [0.5, 0.6) is 0 Å². The highest BCUT2D eigenvalue weighted by Gasteiger charge is 2.09. The Labute approximate surface area is 72.3 Å². The van der Waals surface area contributed by atoms with Crippen molar-refractivity contribution in [1.82, 2.24) is 0 Å². The van der Waals surface area contributed by atoms with E-state index in [0.717, 1.165) is 5.56 Å². The molecule has 0 aliphatic rings. The van der Waals surface area contributed by atoms with Gasteiger partial charge in [0.2, 0.25) is 0 Å². The van der Waals surface area contributed by atoms with Gasteiger partial charge in [0, 0.05) is 0 Å². The number of rotatable bonds is 2. The second kappa shape index (κ2) is 4.09. The summed E-state index contributed by atoms with van der Waals surface area (Å²) in [7, 11) is -1.38. The van der Waals surface area contributed by atoms with Gasteiger partial charge in [-0.1, -0.05) is 36.4 Å². The molecule has 2 N–H and O–H groups in total. The van der Waals surface area contributed by atoms with Gasteiger partial charge < -0.3 is 10.0 Å². The standard InChI is InChI=1S/C9H11BO2/c1-2-4-8-5-3-6-9(7-8)10(11)12/h2-7,11-12H,1H3. The summed E-state index contributed by atoms with van der Waals surface area (Å²) in [5, 5.41) is 17.7. The predicted octanol–water partition coefficient (Wildman–Crippen LogP) is 0.400. The van der Waals surface area contributed by atoms with Crippen LogP contribution in [0, 0.1) is 0 Å². The molecule has 1 rings (SSSR count). The average Bonchev–Trinajstić information content (AvgIpc) is 2.05. The molecule has 1 aromatic rings. The van der Waals surface area contributed by atoms with E-state index in [0.29, 0.717) is 5.46 Å². The molecule has 12 heavy (non-hydrogen) atoms. The van der Waals surface area contributed by atoms with E-state index in [9.17, 15) is 0 Å². The molecule has 0 amide bonds. The fraction of sp³-hybridized carbons (Fsp3) is 0.111. The summed E-state index contributed by atoms with van der Waals surface area (Å²) in [6, 6.07) is 7.12. The predicted molar refractivity (Wildman–Crippen MR) is 51.0 cm³/mol. The lowest BCUT2D eigenvalue weighted by atomic mass is 9.79. The normalized spacial score (nSPS) is 10.6. The highest BCUT2D eigenvalue weighted by Crippen LogP contribution is 1.99. The zero-order chi connectivity index (χ0) is 8.97.